The van der Waals surface area contributed by atoms with Crippen LogP contribution in [0.1, 0.15) is 42.9 Å². The van der Waals surface area contributed by atoms with Gasteiger partial charge in [-0.1, -0.05) is 56.3 Å². The molecule has 1 N–H and O–H groups in total. The average molecular weight is 483 g/mol. The van der Waals surface area contributed by atoms with Gasteiger partial charge in [0, 0.05) is 37.5 Å². The number of aromatic nitrogens is 3. The van der Waals surface area contributed by atoms with Crippen molar-refractivity contribution in [3.63, 3.8) is 0 Å². The highest BCUT2D eigenvalue weighted by molar-refractivity contribution is 5.75. The molecule has 0 saturated heterocycles. The predicted molar refractivity (Wildman–Crippen MR) is 127 cm³/mol. The Bertz CT molecular complexity index is 1400. The van der Waals surface area contributed by atoms with Gasteiger partial charge in [0.25, 0.3) is 5.56 Å². The fourth-order valence-corrected chi connectivity index (χ4v) is 3.84. The molecule has 0 aliphatic carbocycles. The largest absolute Gasteiger partial charge is 0.416 e. The first-order valence-electron chi connectivity index (χ1n) is 11.2. The summed E-state index contributed by atoms with van der Waals surface area (Å²) < 4.78 is 42.2. The summed E-state index contributed by atoms with van der Waals surface area (Å²) in [6, 6.07) is 14.8. The maximum absolute atomic E-state index is 13.1. The zero-order valence-electron chi connectivity index (χ0n) is 19.3. The summed E-state index contributed by atoms with van der Waals surface area (Å²) in [4.78, 5) is 25.2. The molecule has 9 heteroatoms. The van der Waals surface area contributed by atoms with Crippen molar-refractivity contribution in [2.24, 2.45) is 0 Å². The Morgan fingerprint density at radius 3 is 2.46 bits per heavy atom. The average Bonchev–Trinajstić information content (AvgIpc) is 3.27. The first kappa shape index (κ1) is 24.3. The lowest BCUT2D eigenvalue weighted by Gasteiger charge is -2.13. The summed E-state index contributed by atoms with van der Waals surface area (Å²) in [6.45, 7) is 4.07. The maximum atomic E-state index is 13.1. The minimum absolute atomic E-state index is 0.0137. The lowest BCUT2D eigenvalue weighted by atomic mass is 10.0. The van der Waals surface area contributed by atoms with Gasteiger partial charge in [-0.15, -0.1) is 0 Å². The van der Waals surface area contributed by atoms with Crippen LogP contribution in [-0.2, 0) is 24.1 Å². The number of halogens is 3. The molecule has 2 aromatic heterocycles. The Morgan fingerprint density at radius 2 is 1.77 bits per heavy atom. The number of amides is 1. The number of hydrogen-bond acceptors (Lipinski definition) is 3. The number of hydrogen-bond donors (Lipinski definition) is 1. The Morgan fingerprint density at radius 1 is 1.06 bits per heavy atom. The van der Waals surface area contributed by atoms with Crippen molar-refractivity contribution in [1.29, 1.82) is 0 Å². The predicted octanol–water partition coefficient (Wildman–Crippen LogP) is 5.01. The van der Waals surface area contributed by atoms with Gasteiger partial charge in [0.1, 0.15) is 5.52 Å². The van der Waals surface area contributed by atoms with Crippen molar-refractivity contribution in [3.8, 4) is 11.3 Å². The SMILES string of the molecule is CC(C)c1ccc(-c2cc3c(=O)n(CCC(=O)NCc4ccccc4C(F)(F)F)ccn3n2)cc1. The lowest BCUT2D eigenvalue weighted by Crippen LogP contribution is -2.28. The monoisotopic (exact) mass is 482 g/mol. The molecule has 4 rings (SSSR count). The van der Waals surface area contributed by atoms with Crippen molar-refractivity contribution in [1.82, 2.24) is 19.5 Å². The molecule has 0 unspecified atom stereocenters. The molecule has 0 radical (unpaired) electrons. The van der Waals surface area contributed by atoms with E-state index >= 15 is 0 Å². The van der Waals surface area contributed by atoms with E-state index in [-0.39, 0.29) is 30.6 Å². The van der Waals surface area contributed by atoms with Crippen LogP contribution in [0, 0.1) is 0 Å². The maximum Gasteiger partial charge on any atom is 0.416 e. The number of aryl methyl sites for hydroxylation is 1. The first-order chi connectivity index (χ1) is 16.6. The second-order valence-corrected chi connectivity index (χ2v) is 8.61. The zero-order valence-corrected chi connectivity index (χ0v) is 19.3. The standard InChI is InChI=1S/C26H25F3N4O2/c1-17(2)18-7-9-19(10-8-18)22-15-23-25(35)32(13-14-33(23)31-22)12-11-24(34)30-16-20-5-3-4-6-21(20)26(27,28)29/h3-10,13-15,17H,11-12,16H2,1-2H3,(H,30,34). The molecule has 0 bridgehead atoms. The van der Waals surface area contributed by atoms with Crippen LogP contribution in [0.5, 0.6) is 0 Å². The number of nitrogens with zero attached hydrogens (tertiary/aromatic N) is 3. The van der Waals surface area contributed by atoms with E-state index < -0.39 is 17.6 Å². The van der Waals surface area contributed by atoms with E-state index in [1.807, 2.05) is 24.3 Å². The summed E-state index contributed by atoms with van der Waals surface area (Å²) >= 11 is 0. The molecule has 2 heterocycles. The highest BCUT2D eigenvalue weighted by Crippen LogP contribution is 2.31. The minimum atomic E-state index is -4.50. The van der Waals surface area contributed by atoms with E-state index in [2.05, 4.69) is 24.3 Å². The fraction of sp³-hybridized carbons (Fsp3) is 0.269. The topological polar surface area (TPSA) is 68.4 Å². The summed E-state index contributed by atoms with van der Waals surface area (Å²) in [5, 5.41) is 6.98. The number of carbonyl (C=O) groups is 1. The van der Waals surface area contributed by atoms with Crippen molar-refractivity contribution < 1.29 is 18.0 Å². The first-order valence-corrected chi connectivity index (χ1v) is 11.2. The van der Waals surface area contributed by atoms with Crippen LogP contribution in [0.3, 0.4) is 0 Å². The fourth-order valence-electron chi connectivity index (χ4n) is 3.84. The number of nitrogens with one attached hydrogen (secondary N) is 1. The molecular weight excluding hydrogens is 457 g/mol. The number of carbonyl (C=O) groups excluding carboxylic acids is 1. The van der Waals surface area contributed by atoms with E-state index in [9.17, 15) is 22.8 Å². The van der Waals surface area contributed by atoms with Crippen LogP contribution in [0.25, 0.3) is 16.8 Å². The van der Waals surface area contributed by atoms with E-state index in [4.69, 9.17) is 0 Å². The van der Waals surface area contributed by atoms with Gasteiger partial charge in [0.2, 0.25) is 5.91 Å². The van der Waals surface area contributed by atoms with Gasteiger partial charge in [-0.2, -0.15) is 18.3 Å². The summed E-state index contributed by atoms with van der Waals surface area (Å²) in [6.07, 6.45) is -1.37. The lowest BCUT2D eigenvalue weighted by molar-refractivity contribution is -0.138. The van der Waals surface area contributed by atoms with Gasteiger partial charge >= 0.3 is 6.18 Å². The second-order valence-electron chi connectivity index (χ2n) is 8.61. The van der Waals surface area contributed by atoms with Crippen LogP contribution < -0.4 is 10.9 Å². The Labute approximate surface area is 200 Å². The zero-order chi connectivity index (χ0) is 25.2. The Balaban J connectivity index is 1.43. The number of alkyl halides is 3. The molecule has 2 aromatic carbocycles. The quantitative estimate of drug-likeness (QED) is 0.403. The molecule has 0 atom stereocenters. The summed E-state index contributed by atoms with van der Waals surface area (Å²) in [5.74, 6) is -0.0397. The number of fused-ring (bicyclic) bond motifs is 1. The van der Waals surface area contributed by atoms with Gasteiger partial charge in [-0.3, -0.25) is 9.59 Å². The van der Waals surface area contributed by atoms with E-state index in [1.54, 1.807) is 18.5 Å². The highest BCUT2D eigenvalue weighted by atomic mass is 19.4. The molecule has 0 spiro atoms. The number of rotatable bonds is 7. The van der Waals surface area contributed by atoms with Crippen molar-refractivity contribution in [2.75, 3.05) is 0 Å². The molecule has 35 heavy (non-hydrogen) atoms. The Kier molecular flexibility index (Phi) is 6.77. The third kappa shape index (κ3) is 5.45. The Hall–Kier alpha value is -3.88. The van der Waals surface area contributed by atoms with Crippen LogP contribution in [0.4, 0.5) is 13.2 Å². The van der Waals surface area contributed by atoms with Crippen LogP contribution in [0.15, 0.2) is 71.8 Å². The molecular formula is C26H25F3N4O2. The minimum Gasteiger partial charge on any atom is -0.352 e. The second kappa shape index (κ2) is 9.77. The molecule has 0 fully saturated rings. The highest BCUT2D eigenvalue weighted by Gasteiger charge is 2.32. The van der Waals surface area contributed by atoms with E-state index in [0.717, 1.165) is 11.6 Å². The molecule has 4 aromatic rings. The molecule has 6 nitrogen and oxygen atoms in total. The van der Waals surface area contributed by atoms with Gasteiger partial charge < -0.3 is 9.88 Å². The summed E-state index contributed by atoms with van der Waals surface area (Å²) in [5.41, 5.74) is 2.03. The van der Waals surface area contributed by atoms with Crippen LogP contribution in [-0.4, -0.2) is 20.1 Å². The van der Waals surface area contributed by atoms with E-state index in [0.29, 0.717) is 17.1 Å². The smallest absolute Gasteiger partial charge is 0.352 e. The van der Waals surface area contributed by atoms with Crippen LogP contribution >= 0.6 is 0 Å². The van der Waals surface area contributed by atoms with Gasteiger partial charge in [-0.25, -0.2) is 4.52 Å². The van der Waals surface area contributed by atoms with Gasteiger partial charge in [-0.05, 0) is 29.2 Å². The van der Waals surface area contributed by atoms with E-state index in [1.165, 1.54) is 32.8 Å². The van der Waals surface area contributed by atoms with Crippen molar-refractivity contribution in [3.05, 3.63) is 94.0 Å². The molecule has 0 saturated carbocycles. The number of benzene rings is 2. The third-order valence-corrected chi connectivity index (χ3v) is 5.86. The van der Waals surface area contributed by atoms with Crippen molar-refractivity contribution in [2.45, 2.75) is 45.5 Å². The third-order valence-electron chi connectivity index (χ3n) is 5.86. The summed E-state index contributed by atoms with van der Waals surface area (Å²) in [7, 11) is 0. The molecule has 0 aliphatic heterocycles. The molecule has 1 amide bonds. The van der Waals surface area contributed by atoms with Gasteiger partial charge in [0.05, 0.1) is 11.3 Å². The van der Waals surface area contributed by atoms with Crippen molar-refractivity contribution >= 4 is 11.4 Å². The van der Waals surface area contributed by atoms with Crippen LogP contribution in [0.2, 0.25) is 0 Å². The molecule has 182 valence electrons. The normalized spacial score (nSPS) is 11.8. The molecule has 0 aliphatic rings. The van der Waals surface area contributed by atoms with Gasteiger partial charge in [0.15, 0.2) is 0 Å².